The SMILES string of the molecule is C=C(O)/C(C)=C(\C)C(N[C@@H]1CCN(c2ccccc2C)C[C@@H]1C)=C(C)C. The molecule has 1 aliphatic heterocycles. The molecule has 1 aromatic carbocycles. The lowest BCUT2D eigenvalue weighted by Crippen LogP contribution is -2.48. The summed E-state index contributed by atoms with van der Waals surface area (Å²) < 4.78 is 0. The summed E-state index contributed by atoms with van der Waals surface area (Å²) in [6.45, 7) is 18.5. The van der Waals surface area contributed by atoms with Gasteiger partial charge in [-0.25, -0.2) is 0 Å². The van der Waals surface area contributed by atoms with Gasteiger partial charge in [-0.1, -0.05) is 37.3 Å². The topological polar surface area (TPSA) is 35.5 Å². The molecule has 142 valence electrons. The second-order valence-corrected chi connectivity index (χ2v) is 7.82. The number of hydrogen-bond donors (Lipinski definition) is 2. The van der Waals surface area contributed by atoms with Crippen LogP contribution in [0, 0.1) is 12.8 Å². The molecule has 1 heterocycles. The molecule has 3 heteroatoms. The van der Waals surface area contributed by atoms with Gasteiger partial charge in [-0.05, 0) is 69.7 Å². The van der Waals surface area contributed by atoms with Crippen molar-refractivity contribution >= 4 is 5.69 Å². The summed E-state index contributed by atoms with van der Waals surface area (Å²) in [5.41, 5.74) is 6.98. The molecular formula is C23H34N2O. The van der Waals surface area contributed by atoms with Crippen LogP contribution in [0.25, 0.3) is 0 Å². The van der Waals surface area contributed by atoms with E-state index in [0.717, 1.165) is 36.4 Å². The monoisotopic (exact) mass is 354 g/mol. The van der Waals surface area contributed by atoms with Crippen LogP contribution in [0.2, 0.25) is 0 Å². The second-order valence-electron chi connectivity index (χ2n) is 7.82. The van der Waals surface area contributed by atoms with E-state index in [2.05, 4.69) is 75.7 Å². The molecule has 0 saturated carbocycles. The van der Waals surface area contributed by atoms with Crippen LogP contribution in [-0.2, 0) is 0 Å². The van der Waals surface area contributed by atoms with Gasteiger partial charge in [0.05, 0.1) is 0 Å². The fourth-order valence-corrected chi connectivity index (χ4v) is 3.71. The van der Waals surface area contributed by atoms with Crippen molar-refractivity contribution in [3.63, 3.8) is 0 Å². The average molecular weight is 355 g/mol. The third-order valence-electron chi connectivity index (χ3n) is 5.56. The smallest absolute Gasteiger partial charge is 0.111 e. The molecule has 1 aromatic rings. The molecule has 26 heavy (non-hydrogen) atoms. The van der Waals surface area contributed by atoms with Gasteiger partial charge in [-0.2, -0.15) is 0 Å². The zero-order valence-electron chi connectivity index (χ0n) is 17.2. The van der Waals surface area contributed by atoms with Gasteiger partial charge in [0, 0.05) is 30.5 Å². The molecule has 0 amide bonds. The Labute approximate surface area is 159 Å². The van der Waals surface area contributed by atoms with E-state index in [1.807, 2.05) is 6.92 Å². The van der Waals surface area contributed by atoms with E-state index in [-0.39, 0.29) is 5.76 Å². The van der Waals surface area contributed by atoms with E-state index in [1.165, 1.54) is 16.8 Å². The highest BCUT2D eigenvalue weighted by atomic mass is 16.3. The van der Waals surface area contributed by atoms with Gasteiger partial charge in [0.2, 0.25) is 0 Å². The van der Waals surface area contributed by atoms with Gasteiger partial charge in [0.25, 0.3) is 0 Å². The summed E-state index contributed by atoms with van der Waals surface area (Å²) in [6, 6.07) is 9.06. The number of anilines is 1. The molecule has 0 bridgehead atoms. The first kappa shape index (κ1) is 20.2. The number of aliphatic hydroxyl groups is 1. The quantitative estimate of drug-likeness (QED) is 0.541. The Balaban J connectivity index is 2.14. The fraction of sp³-hybridized carbons (Fsp3) is 0.478. The number of nitrogens with zero attached hydrogens (tertiary/aromatic N) is 1. The molecule has 0 radical (unpaired) electrons. The molecule has 0 aliphatic carbocycles. The maximum Gasteiger partial charge on any atom is 0.111 e. The molecule has 1 fully saturated rings. The van der Waals surface area contributed by atoms with E-state index < -0.39 is 0 Å². The maximum absolute atomic E-state index is 9.76. The van der Waals surface area contributed by atoms with Gasteiger partial charge in [-0.15, -0.1) is 0 Å². The molecule has 0 unspecified atom stereocenters. The summed E-state index contributed by atoms with van der Waals surface area (Å²) in [6.07, 6.45) is 1.10. The number of piperidine rings is 1. The number of nitrogens with one attached hydrogen (secondary N) is 1. The Morgan fingerprint density at radius 1 is 1.15 bits per heavy atom. The number of aryl methyl sites for hydroxylation is 1. The molecule has 2 N–H and O–H groups in total. The lowest BCUT2D eigenvalue weighted by atomic mass is 9.91. The average Bonchev–Trinajstić information content (AvgIpc) is 2.59. The first-order valence-electron chi connectivity index (χ1n) is 9.53. The number of benzene rings is 1. The van der Waals surface area contributed by atoms with Gasteiger partial charge in [-0.3, -0.25) is 0 Å². The Hall–Kier alpha value is -2.16. The van der Waals surface area contributed by atoms with Crippen LogP contribution in [-0.4, -0.2) is 24.2 Å². The summed E-state index contributed by atoms with van der Waals surface area (Å²) >= 11 is 0. The molecule has 2 rings (SSSR count). The Kier molecular flexibility index (Phi) is 6.57. The summed E-state index contributed by atoms with van der Waals surface area (Å²) in [4.78, 5) is 2.50. The Morgan fingerprint density at radius 3 is 2.35 bits per heavy atom. The molecule has 2 atom stereocenters. The predicted octanol–water partition coefficient (Wildman–Crippen LogP) is 5.50. The lowest BCUT2D eigenvalue weighted by molar-refractivity contribution is 0.341. The van der Waals surface area contributed by atoms with Gasteiger partial charge in [0.1, 0.15) is 5.76 Å². The van der Waals surface area contributed by atoms with Crippen molar-refractivity contribution in [3.8, 4) is 0 Å². The van der Waals surface area contributed by atoms with E-state index in [0.29, 0.717) is 12.0 Å². The highest BCUT2D eigenvalue weighted by Crippen LogP contribution is 2.28. The standard InChI is InChI=1S/C23H34N2O/c1-15(2)23(19(6)18(5)20(7)26)24-21-12-13-25(14-17(21)4)22-11-9-8-10-16(22)3/h8-11,17,21,24,26H,7,12-14H2,1-6H3/b19-18+/t17-,21+/m0/s1. The van der Waals surface area contributed by atoms with Crippen LogP contribution in [0.5, 0.6) is 0 Å². The highest BCUT2D eigenvalue weighted by Gasteiger charge is 2.27. The first-order chi connectivity index (χ1) is 12.2. The Morgan fingerprint density at radius 2 is 1.81 bits per heavy atom. The molecule has 0 aromatic heterocycles. The largest absolute Gasteiger partial charge is 0.508 e. The molecule has 3 nitrogen and oxygen atoms in total. The van der Waals surface area contributed by atoms with Crippen LogP contribution in [0.15, 0.2) is 59.0 Å². The zero-order chi connectivity index (χ0) is 19.4. The van der Waals surface area contributed by atoms with Gasteiger partial charge in [0.15, 0.2) is 0 Å². The minimum atomic E-state index is 0.144. The van der Waals surface area contributed by atoms with Gasteiger partial charge >= 0.3 is 0 Å². The van der Waals surface area contributed by atoms with Crippen molar-refractivity contribution < 1.29 is 5.11 Å². The Bertz CT molecular complexity index is 725. The molecule has 0 spiro atoms. The van der Waals surface area contributed by atoms with Crippen molar-refractivity contribution in [3.05, 3.63) is 64.6 Å². The number of hydrogen-bond acceptors (Lipinski definition) is 3. The second kappa shape index (κ2) is 8.48. The number of aliphatic hydroxyl groups excluding tert-OH is 1. The molecule has 1 saturated heterocycles. The number of rotatable bonds is 5. The van der Waals surface area contributed by atoms with E-state index >= 15 is 0 Å². The summed E-state index contributed by atoms with van der Waals surface area (Å²) in [5.74, 6) is 0.675. The predicted molar refractivity (Wildman–Crippen MR) is 113 cm³/mol. The van der Waals surface area contributed by atoms with Crippen molar-refractivity contribution in [2.75, 3.05) is 18.0 Å². The third-order valence-corrected chi connectivity index (χ3v) is 5.56. The number of allylic oxidation sites excluding steroid dienone is 3. The van der Waals surface area contributed by atoms with E-state index in [1.54, 1.807) is 0 Å². The van der Waals surface area contributed by atoms with E-state index in [9.17, 15) is 5.11 Å². The molecule has 1 aliphatic rings. The zero-order valence-corrected chi connectivity index (χ0v) is 17.2. The van der Waals surface area contributed by atoms with Gasteiger partial charge < -0.3 is 15.3 Å². The lowest BCUT2D eigenvalue weighted by Gasteiger charge is -2.40. The van der Waals surface area contributed by atoms with Crippen LogP contribution in [0.1, 0.15) is 46.6 Å². The first-order valence-corrected chi connectivity index (χ1v) is 9.53. The van der Waals surface area contributed by atoms with Crippen molar-refractivity contribution in [2.45, 2.75) is 54.0 Å². The fourth-order valence-electron chi connectivity index (χ4n) is 3.71. The summed E-state index contributed by atoms with van der Waals surface area (Å²) in [7, 11) is 0. The minimum Gasteiger partial charge on any atom is -0.508 e. The minimum absolute atomic E-state index is 0.144. The van der Waals surface area contributed by atoms with Crippen LogP contribution in [0.4, 0.5) is 5.69 Å². The maximum atomic E-state index is 9.76. The number of para-hydroxylation sites is 1. The van der Waals surface area contributed by atoms with Crippen LogP contribution < -0.4 is 10.2 Å². The van der Waals surface area contributed by atoms with Crippen LogP contribution in [0.3, 0.4) is 0 Å². The van der Waals surface area contributed by atoms with Crippen molar-refractivity contribution in [1.29, 1.82) is 0 Å². The van der Waals surface area contributed by atoms with Crippen molar-refractivity contribution in [2.24, 2.45) is 5.92 Å². The molecular weight excluding hydrogens is 320 g/mol. The highest BCUT2D eigenvalue weighted by molar-refractivity contribution is 5.53. The summed E-state index contributed by atoms with van der Waals surface area (Å²) in [5, 5.41) is 13.5. The normalized spacial score (nSPS) is 21.1. The van der Waals surface area contributed by atoms with Crippen molar-refractivity contribution in [1.82, 2.24) is 5.32 Å². The van der Waals surface area contributed by atoms with Crippen LogP contribution >= 0.6 is 0 Å². The third kappa shape index (κ3) is 4.51. The van der Waals surface area contributed by atoms with E-state index in [4.69, 9.17) is 0 Å².